The van der Waals surface area contributed by atoms with Crippen molar-refractivity contribution in [1.29, 1.82) is 0 Å². The zero-order chi connectivity index (χ0) is 20.3. The Morgan fingerprint density at radius 3 is 2.93 bits per heavy atom. The van der Waals surface area contributed by atoms with Crippen LogP contribution in [0.15, 0.2) is 64.5 Å². The van der Waals surface area contributed by atoms with Gasteiger partial charge in [-0.2, -0.15) is 0 Å². The highest BCUT2D eigenvalue weighted by Gasteiger charge is 2.21. The Bertz CT molecular complexity index is 1110. The summed E-state index contributed by atoms with van der Waals surface area (Å²) in [6, 6.07) is 17.2. The van der Waals surface area contributed by atoms with Gasteiger partial charge in [0.2, 0.25) is 0 Å². The lowest BCUT2D eigenvalue weighted by molar-refractivity contribution is 0.0121. The molecule has 0 bridgehead atoms. The summed E-state index contributed by atoms with van der Waals surface area (Å²) in [5.41, 5.74) is 2.45. The SMILES string of the molecule is CC(O)(CNCc1ccccc1Cl)COc1cccc(-c2noc3ccsc23)c1. The van der Waals surface area contributed by atoms with Crippen molar-refractivity contribution in [2.75, 3.05) is 13.2 Å². The van der Waals surface area contributed by atoms with Crippen LogP contribution < -0.4 is 10.1 Å². The number of nitrogens with one attached hydrogen (secondary N) is 1. The number of hydrogen-bond donors (Lipinski definition) is 2. The zero-order valence-electron chi connectivity index (χ0n) is 15.9. The first kappa shape index (κ1) is 19.9. The Kier molecular flexibility index (Phi) is 5.87. The number of thiophene rings is 1. The monoisotopic (exact) mass is 428 g/mol. The maximum absolute atomic E-state index is 10.6. The molecule has 4 aromatic rings. The average molecular weight is 429 g/mol. The number of halogens is 1. The van der Waals surface area contributed by atoms with Crippen LogP contribution in [-0.4, -0.2) is 29.0 Å². The van der Waals surface area contributed by atoms with E-state index in [-0.39, 0.29) is 6.61 Å². The average Bonchev–Trinajstić information content (AvgIpc) is 3.32. The molecule has 0 saturated heterocycles. The van der Waals surface area contributed by atoms with E-state index < -0.39 is 5.60 Å². The third kappa shape index (κ3) is 4.79. The molecule has 0 radical (unpaired) electrons. The minimum Gasteiger partial charge on any atom is -0.491 e. The fourth-order valence-corrected chi connectivity index (χ4v) is 4.01. The standard InChI is InChI=1S/C22H21ClN2O3S/c1-22(26,13-24-12-16-5-2-3-8-18(16)23)14-27-17-7-4-6-15(11-17)20-21-19(28-25-20)9-10-29-21/h2-11,24,26H,12-14H2,1H3. The van der Waals surface area contributed by atoms with Gasteiger partial charge in [-0.1, -0.05) is 47.1 Å². The molecule has 4 rings (SSSR count). The second-order valence-corrected chi connectivity index (χ2v) is 8.48. The third-order valence-electron chi connectivity index (χ3n) is 4.52. The molecule has 150 valence electrons. The van der Waals surface area contributed by atoms with Crippen molar-refractivity contribution in [2.24, 2.45) is 0 Å². The molecule has 1 unspecified atom stereocenters. The first-order chi connectivity index (χ1) is 14.0. The number of aromatic nitrogens is 1. The molecule has 2 aromatic carbocycles. The lowest BCUT2D eigenvalue weighted by atomic mass is 10.1. The van der Waals surface area contributed by atoms with Gasteiger partial charge in [-0.05, 0) is 42.1 Å². The number of benzene rings is 2. The fraction of sp³-hybridized carbons (Fsp3) is 0.227. The molecule has 0 saturated carbocycles. The highest BCUT2D eigenvalue weighted by molar-refractivity contribution is 7.17. The van der Waals surface area contributed by atoms with Crippen molar-refractivity contribution < 1.29 is 14.4 Å². The van der Waals surface area contributed by atoms with Crippen molar-refractivity contribution in [2.45, 2.75) is 19.1 Å². The van der Waals surface area contributed by atoms with E-state index in [2.05, 4.69) is 10.5 Å². The maximum atomic E-state index is 10.6. The fourth-order valence-electron chi connectivity index (χ4n) is 2.99. The van der Waals surface area contributed by atoms with Gasteiger partial charge in [-0.15, -0.1) is 11.3 Å². The minimum atomic E-state index is -1.04. The maximum Gasteiger partial charge on any atom is 0.178 e. The summed E-state index contributed by atoms with van der Waals surface area (Å²) in [7, 11) is 0. The summed E-state index contributed by atoms with van der Waals surface area (Å²) in [5, 5.41) is 20.7. The van der Waals surface area contributed by atoms with Gasteiger partial charge in [0.05, 0.1) is 0 Å². The van der Waals surface area contributed by atoms with Crippen molar-refractivity contribution in [3.05, 3.63) is 70.6 Å². The number of nitrogens with zero attached hydrogens (tertiary/aromatic N) is 1. The van der Waals surface area contributed by atoms with Crippen LogP contribution >= 0.6 is 22.9 Å². The number of hydrogen-bond acceptors (Lipinski definition) is 6. The van der Waals surface area contributed by atoms with E-state index in [1.54, 1.807) is 18.3 Å². The molecule has 2 N–H and O–H groups in total. The van der Waals surface area contributed by atoms with Crippen LogP contribution in [-0.2, 0) is 6.54 Å². The quantitative estimate of drug-likeness (QED) is 0.407. The molecule has 1 atom stereocenters. The van der Waals surface area contributed by atoms with Crippen molar-refractivity contribution >= 4 is 33.2 Å². The predicted octanol–water partition coefficient (Wildman–Crippen LogP) is 5.13. The molecule has 29 heavy (non-hydrogen) atoms. The molecule has 0 fully saturated rings. The van der Waals surface area contributed by atoms with Crippen LogP contribution in [0.3, 0.4) is 0 Å². The largest absolute Gasteiger partial charge is 0.491 e. The van der Waals surface area contributed by atoms with Gasteiger partial charge in [0.25, 0.3) is 0 Å². The molecule has 0 aliphatic carbocycles. The Labute approximate surface area is 177 Å². The van der Waals surface area contributed by atoms with E-state index in [4.69, 9.17) is 20.9 Å². The number of ether oxygens (including phenoxy) is 1. The molecule has 0 aliphatic rings. The van der Waals surface area contributed by atoms with Crippen LogP contribution in [0.4, 0.5) is 0 Å². The van der Waals surface area contributed by atoms with Crippen LogP contribution in [0.2, 0.25) is 5.02 Å². The first-order valence-corrected chi connectivity index (χ1v) is 10.5. The summed E-state index contributed by atoms with van der Waals surface area (Å²) in [5.74, 6) is 0.668. The van der Waals surface area contributed by atoms with Crippen molar-refractivity contribution in [1.82, 2.24) is 10.5 Å². The molecule has 0 aliphatic heterocycles. The van der Waals surface area contributed by atoms with E-state index in [0.29, 0.717) is 23.9 Å². The highest BCUT2D eigenvalue weighted by Crippen LogP contribution is 2.33. The normalized spacial score (nSPS) is 13.5. The van der Waals surface area contributed by atoms with Crippen LogP contribution in [0.1, 0.15) is 12.5 Å². The minimum absolute atomic E-state index is 0.152. The summed E-state index contributed by atoms with van der Waals surface area (Å²) in [6.07, 6.45) is 0. The van der Waals surface area contributed by atoms with Crippen LogP contribution in [0.5, 0.6) is 5.75 Å². The van der Waals surface area contributed by atoms with E-state index in [1.807, 2.05) is 60.0 Å². The second kappa shape index (κ2) is 8.55. The molecule has 0 amide bonds. The predicted molar refractivity (Wildman–Crippen MR) is 117 cm³/mol. The van der Waals surface area contributed by atoms with Gasteiger partial charge in [0.1, 0.15) is 28.4 Å². The molecular formula is C22H21ClN2O3S. The molecule has 5 nitrogen and oxygen atoms in total. The summed E-state index contributed by atoms with van der Waals surface area (Å²) >= 11 is 7.76. The van der Waals surface area contributed by atoms with Gasteiger partial charge in [0, 0.05) is 23.7 Å². The Balaban J connectivity index is 1.36. The van der Waals surface area contributed by atoms with Crippen molar-refractivity contribution in [3.63, 3.8) is 0 Å². The van der Waals surface area contributed by atoms with Gasteiger partial charge in [-0.25, -0.2) is 0 Å². The molecule has 2 aromatic heterocycles. The lowest BCUT2D eigenvalue weighted by Crippen LogP contribution is -2.42. The van der Waals surface area contributed by atoms with Gasteiger partial charge >= 0.3 is 0 Å². The Morgan fingerprint density at radius 1 is 1.21 bits per heavy atom. The topological polar surface area (TPSA) is 67.5 Å². The summed E-state index contributed by atoms with van der Waals surface area (Å²) < 4.78 is 12.2. The van der Waals surface area contributed by atoms with Crippen LogP contribution in [0.25, 0.3) is 21.5 Å². The zero-order valence-corrected chi connectivity index (χ0v) is 17.5. The second-order valence-electron chi connectivity index (χ2n) is 7.15. The highest BCUT2D eigenvalue weighted by atomic mass is 35.5. The molecule has 7 heteroatoms. The first-order valence-electron chi connectivity index (χ1n) is 9.24. The Hall–Kier alpha value is -2.38. The summed E-state index contributed by atoms with van der Waals surface area (Å²) in [6.45, 7) is 2.84. The summed E-state index contributed by atoms with van der Waals surface area (Å²) in [4.78, 5) is 0. The van der Waals surface area contributed by atoms with Gasteiger partial charge in [-0.3, -0.25) is 0 Å². The third-order valence-corrected chi connectivity index (χ3v) is 5.79. The van der Waals surface area contributed by atoms with E-state index in [1.165, 1.54) is 0 Å². The number of rotatable bonds is 8. The molecule has 0 spiro atoms. The Morgan fingerprint density at radius 2 is 2.07 bits per heavy atom. The van der Waals surface area contributed by atoms with E-state index in [9.17, 15) is 5.11 Å². The van der Waals surface area contributed by atoms with Crippen LogP contribution in [0, 0.1) is 0 Å². The van der Waals surface area contributed by atoms with Gasteiger partial charge in [0.15, 0.2) is 5.58 Å². The van der Waals surface area contributed by atoms with Gasteiger partial charge < -0.3 is 19.7 Å². The lowest BCUT2D eigenvalue weighted by Gasteiger charge is -2.24. The molecular weight excluding hydrogens is 408 g/mol. The molecule has 2 heterocycles. The number of aliphatic hydroxyl groups is 1. The van der Waals surface area contributed by atoms with Crippen molar-refractivity contribution in [3.8, 4) is 17.0 Å². The number of fused-ring (bicyclic) bond motifs is 1. The van der Waals surface area contributed by atoms with E-state index >= 15 is 0 Å². The van der Waals surface area contributed by atoms with E-state index in [0.717, 1.165) is 27.1 Å². The smallest absolute Gasteiger partial charge is 0.178 e.